The lowest BCUT2D eigenvalue weighted by atomic mass is 10.2. The van der Waals surface area contributed by atoms with E-state index >= 15 is 0 Å². The molecule has 4 aromatic rings. The Morgan fingerprint density at radius 3 is 2.24 bits per heavy atom. The maximum absolute atomic E-state index is 12.9. The molecule has 0 unspecified atom stereocenters. The van der Waals surface area contributed by atoms with Gasteiger partial charge in [0.15, 0.2) is 12.4 Å². The van der Waals surface area contributed by atoms with Crippen LogP contribution in [0.5, 0.6) is 5.75 Å². The van der Waals surface area contributed by atoms with Crippen LogP contribution >= 0.6 is 0 Å². The Balaban J connectivity index is 1.52. The highest BCUT2D eigenvalue weighted by molar-refractivity contribution is 6.01. The lowest BCUT2D eigenvalue weighted by Gasteiger charge is -2.07. The molecule has 0 fully saturated rings. The number of carbonyl (C=O) groups is 2. The maximum atomic E-state index is 12.9. The molecule has 33 heavy (non-hydrogen) atoms. The Morgan fingerprint density at radius 2 is 1.58 bits per heavy atom. The van der Waals surface area contributed by atoms with Gasteiger partial charge in [-0.15, -0.1) is 5.10 Å². The maximum Gasteiger partial charge on any atom is 0.295 e. The molecule has 0 radical (unpaired) electrons. The number of hydrogen-bond acceptors (Lipinski definition) is 5. The molecule has 0 aliphatic carbocycles. The molecule has 4 rings (SSSR count). The standard InChI is InChI=1S/C25H23N5O3/c1-2-26-22(31)17-33-21-15-13-19(14-16-21)27-25(32)23-28-24(18-9-5-3-6-10-18)30(29-23)20-11-7-4-8-12-20/h3-16H,2,17H2,1H3,(H,26,31)(H,27,32). The normalized spacial score (nSPS) is 10.5. The van der Waals surface area contributed by atoms with E-state index in [1.165, 1.54) is 0 Å². The van der Waals surface area contributed by atoms with Crippen molar-refractivity contribution >= 4 is 17.5 Å². The van der Waals surface area contributed by atoms with Gasteiger partial charge in [0.25, 0.3) is 11.8 Å². The minimum Gasteiger partial charge on any atom is -0.484 e. The van der Waals surface area contributed by atoms with Crippen LogP contribution in [0.1, 0.15) is 17.5 Å². The van der Waals surface area contributed by atoms with Crippen LogP contribution in [0.15, 0.2) is 84.9 Å². The number of carbonyl (C=O) groups excluding carboxylic acids is 2. The van der Waals surface area contributed by atoms with Crippen LogP contribution in [0.25, 0.3) is 17.1 Å². The van der Waals surface area contributed by atoms with Gasteiger partial charge >= 0.3 is 0 Å². The molecule has 3 aromatic carbocycles. The second kappa shape index (κ2) is 10.2. The summed E-state index contributed by atoms with van der Waals surface area (Å²) in [5, 5.41) is 9.93. The first kappa shape index (κ1) is 21.8. The SMILES string of the molecule is CCNC(=O)COc1ccc(NC(=O)c2nc(-c3ccccc3)n(-c3ccccc3)n2)cc1. The number of nitrogens with zero attached hydrogens (tertiary/aromatic N) is 3. The fourth-order valence-corrected chi connectivity index (χ4v) is 3.15. The number of likely N-dealkylation sites (N-methyl/N-ethyl adjacent to an activating group) is 1. The number of aromatic nitrogens is 3. The van der Waals surface area contributed by atoms with Gasteiger partial charge in [0.05, 0.1) is 5.69 Å². The van der Waals surface area contributed by atoms with Crippen molar-refractivity contribution < 1.29 is 14.3 Å². The number of nitrogens with one attached hydrogen (secondary N) is 2. The molecule has 0 saturated carbocycles. The zero-order valence-corrected chi connectivity index (χ0v) is 18.1. The second-order valence-electron chi connectivity index (χ2n) is 7.09. The van der Waals surface area contributed by atoms with E-state index in [0.717, 1.165) is 11.3 Å². The number of ether oxygens (including phenoxy) is 1. The van der Waals surface area contributed by atoms with Crippen molar-refractivity contribution in [2.75, 3.05) is 18.5 Å². The van der Waals surface area contributed by atoms with E-state index in [1.807, 2.05) is 67.6 Å². The number of benzene rings is 3. The van der Waals surface area contributed by atoms with Gasteiger partial charge < -0.3 is 15.4 Å². The van der Waals surface area contributed by atoms with Crippen molar-refractivity contribution in [3.8, 4) is 22.8 Å². The number of hydrogen-bond donors (Lipinski definition) is 2. The minimum absolute atomic E-state index is 0.0502. The van der Waals surface area contributed by atoms with Gasteiger partial charge in [-0.2, -0.15) is 0 Å². The molecule has 2 N–H and O–H groups in total. The summed E-state index contributed by atoms with van der Waals surface area (Å²) in [4.78, 5) is 28.9. The van der Waals surface area contributed by atoms with Gasteiger partial charge in [-0.05, 0) is 43.3 Å². The monoisotopic (exact) mass is 441 g/mol. The average Bonchev–Trinajstić information content (AvgIpc) is 3.31. The first-order chi connectivity index (χ1) is 16.1. The van der Waals surface area contributed by atoms with Crippen LogP contribution < -0.4 is 15.4 Å². The first-order valence-corrected chi connectivity index (χ1v) is 10.5. The number of para-hydroxylation sites is 1. The van der Waals surface area contributed by atoms with Crippen LogP contribution in [-0.2, 0) is 4.79 Å². The van der Waals surface area contributed by atoms with E-state index in [2.05, 4.69) is 20.7 Å². The van der Waals surface area contributed by atoms with E-state index in [9.17, 15) is 9.59 Å². The zero-order chi connectivity index (χ0) is 23.0. The number of rotatable bonds is 8. The Kier molecular flexibility index (Phi) is 6.75. The summed E-state index contributed by atoms with van der Waals surface area (Å²) < 4.78 is 7.08. The molecular formula is C25H23N5O3. The fourth-order valence-electron chi connectivity index (χ4n) is 3.15. The molecule has 0 aliphatic heterocycles. The van der Waals surface area contributed by atoms with Crippen LogP contribution in [0.3, 0.4) is 0 Å². The highest BCUT2D eigenvalue weighted by Gasteiger charge is 2.19. The van der Waals surface area contributed by atoms with Crippen molar-refractivity contribution in [3.63, 3.8) is 0 Å². The summed E-state index contributed by atoms with van der Waals surface area (Å²) >= 11 is 0. The van der Waals surface area contributed by atoms with Gasteiger partial charge in [0, 0.05) is 17.8 Å². The summed E-state index contributed by atoms with van der Waals surface area (Å²) in [6, 6.07) is 25.9. The molecule has 8 heteroatoms. The Hall–Kier alpha value is -4.46. The summed E-state index contributed by atoms with van der Waals surface area (Å²) in [7, 11) is 0. The Labute approximate surface area is 191 Å². The Morgan fingerprint density at radius 1 is 0.909 bits per heavy atom. The largest absolute Gasteiger partial charge is 0.484 e. The second-order valence-corrected chi connectivity index (χ2v) is 7.09. The molecule has 166 valence electrons. The third-order valence-electron chi connectivity index (χ3n) is 4.70. The average molecular weight is 441 g/mol. The number of amides is 2. The van der Waals surface area contributed by atoms with Crippen LogP contribution in [0.2, 0.25) is 0 Å². The molecule has 0 spiro atoms. The predicted octanol–water partition coefficient (Wildman–Crippen LogP) is 3.70. The van der Waals surface area contributed by atoms with Gasteiger partial charge in [-0.1, -0.05) is 48.5 Å². The van der Waals surface area contributed by atoms with Crippen molar-refractivity contribution in [1.82, 2.24) is 20.1 Å². The minimum atomic E-state index is -0.433. The van der Waals surface area contributed by atoms with Crippen molar-refractivity contribution in [2.45, 2.75) is 6.92 Å². The molecule has 2 amide bonds. The highest BCUT2D eigenvalue weighted by atomic mass is 16.5. The topological polar surface area (TPSA) is 98.1 Å². The van der Waals surface area contributed by atoms with Crippen LogP contribution in [-0.4, -0.2) is 39.7 Å². The van der Waals surface area contributed by atoms with E-state index in [4.69, 9.17) is 4.74 Å². The van der Waals surface area contributed by atoms with Gasteiger partial charge in [0.1, 0.15) is 5.75 Å². The van der Waals surface area contributed by atoms with Crippen molar-refractivity contribution in [1.29, 1.82) is 0 Å². The van der Waals surface area contributed by atoms with Gasteiger partial charge in [-0.25, -0.2) is 9.67 Å². The summed E-state index contributed by atoms with van der Waals surface area (Å²) in [6.45, 7) is 2.33. The van der Waals surface area contributed by atoms with Crippen molar-refractivity contribution in [2.24, 2.45) is 0 Å². The highest BCUT2D eigenvalue weighted by Crippen LogP contribution is 2.22. The third kappa shape index (κ3) is 5.43. The lowest BCUT2D eigenvalue weighted by molar-refractivity contribution is -0.122. The molecule has 1 heterocycles. The van der Waals surface area contributed by atoms with Crippen LogP contribution in [0.4, 0.5) is 5.69 Å². The lowest BCUT2D eigenvalue weighted by Crippen LogP contribution is -2.28. The number of anilines is 1. The summed E-state index contributed by atoms with van der Waals surface area (Å²) in [5.74, 6) is 0.523. The van der Waals surface area contributed by atoms with Crippen LogP contribution in [0, 0.1) is 0 Å². The van der Waals surface area contributed by atoms with E-state index < -0.39 is 5.91 Å². The Bertz CT molecular complexity index is 1170. The third-order valence-corrected chi connectivity index (χ3v) is 4.70. The molecule has 8 nitrogen and oxygen atoms in total. The molecule has 0 bridgehead atoms. The fraction of sp³-hybridized carbons (Fsp3) is 0.120. The molecule has 0 atom stereocenters. The van der Waals surface area contributed by atoms with Crippen molar-refractivity contribution in [3.05, 3.63) is 90.8 Å². The van der Waals surface area contributed by atoms with E-state index in [1.54, 1.807) is 28.9 Å². The van der Waals surface area contributed by atoms with E-state index in [0.29, 0.717) is 23.8 Å². The molecule has 1 aromatic heterocycles. The molecule has 0 saturated heterocycles. The summed E-state index contributed by atoms with van der Waals surface area (Å²) in [6.07, 6.45) is 0. The predicted molar refractivity (Wildman–Crippen MR) is 125 cm³/mol. The van der Waals surface area contributed by atoms with E-state index in [-0.39, 0.29) is 18.3 Å². The smallest absolute Gasteiger partial charge is 0.295 e. The molecular weight excluding hydrogens is 418 g/mol. The quantitative estimate of drug-likeness (QED) is 0.434. The van der Waals surface area contributed by atoms with Gasteiger partial charge in [-0.3, -0.25) is 9.59 Å². The zero-order valence-electron chi connectivity index (χ0n) is 18.1. The molecule has 0 aliphatic rings. The summed E-state index contributed by atoms with van der Waals surface area (Å²) in [5.41, 5.74) is 2.21. The first-order valence-electron chi connectivity index (χ1n) is 10.5. The van der Waals surface area contributed by atoms with Gasteiger partial charge in [0.2, 0.25) is 5.82 Å².